The molecule has 144 valence electrons. The summed E-state index contributed by atoms with van der Waals surface area (Å²) in [5.41, 5.74) is 7.88. The van der Waals surface area contributed by atoms with Crippen LogP contribution in [0.25, 0.3) is 0 Å². The summed E-state index contributed by atoms with van der Waals surface area (Å²) in [7, 11) is 3.29. The first-order valence-electron chi connectivity index (χ1n) is 9.79. The minimum Gasteiger partial charge on any atom is -0.493 e. The van der Waals surface area contributed by atoms with Crippen LogP contribution in [-0.4, -0.2) is 19.9 Å². The molecule has 1 saturated carbocycles. The highest BCUT2D eigenvalue weighted by atomic mass is 16.5. The van der Waals surface area contributed by atoms with E-state index in [4.69, 9.17) is 9.47 Å². The maximum Gasteiger partial charge on any atom is 0.161 e. The van der Waals surface area contributed by atoms with E-state index >= 15 is 0 Å². The minimum absolute atomic E-state index is 0.637. The van der Waals surface area contributed by atoms with E-state index in [1.807, 2.05) is 25.1 Å². The zero-order valence-corrected chi connectivity index (χ0v) is 16.6. The average molecular weight is 367 g/mol. The molecule has 3 rings (SSSR count). The van der Waals surface area contributed by atoms with Gasteiger partial charge in [-0.25, -0.2) is 0 Å². The van der Waals surface area contributed by atoms with Crippen LogP contribution in [0.15, 0.2) is 47.6 Å². The molecule has 0 bridgehead atoms. The van der Waals surface area contributed by atoms with Crippen molar-refractivity contribution in [3.63, 3.8) is 0 Å². The number of nitrogens with zero attached hydrogens (tertiary/aromatic N) is 1. The highest BCUT2D eigenvalue weighted by molar-refractivity contribution is 5.98. The molecular weight excluding hydrogens is 336 g/mol. The fraction of sp³-hybridized carbons (Fsp3) is 0.435. The molecule has 0 heterocycles. The van der Waals surface area contributed by atoms with Gasteiger partial charge in [0.05, 0.1) is 26.5 Å². The maximum absolute atomic E-state index is 5.35. The van der Waals surface area contributed by atoms with Crippen LogP contribution in [-0.2, 0) is 6.54 Å². The Morgan fingerprint density at radius 3 is 2.33 bits per heavy atom. The van der Waals surface area contributed by atoms with Crippen LogP contribution in [0.5, 0.6) is 11.5 Å². The molecule has 0 unspecified atom stereocenters. The molecule has 27 heavy (non-hydrogen) atoms. The van der Waals surface area contributed by atoms with Gasteiger partial charge < -0.3 is 14.9 Å². The van der Waals surface area contributed by atoms with E-state index in [9.17, 15) is 0 Å². The SMILES string of the molecule is COc1ccc(CN/N=C(\C)c2ccc(C3CCCCC3)cc2)cc1OC. The predicted molar refractivity (Wildman–Crippen MR) is 111 cm³/mol. The van der Waals surface area contributed by atoms with Crippen molar-refractivity contribution in [2.75, 3.05) is 14.2 Å². The Kier molecular flexibility index (Phi) is 6.74. The molecular formula is C23H30N2O2. The average Bonchev–Trinajstić information content (AvgIpc) is 2.74. The second-order valence-corrected chi connectivity index (χ2v) is 7.18. The van der Waals surface area contributed by atoms with Gasteiger partial charge in [-0.05, 0) is 54.5 Å². The van der Waals surface area contributed by atoms with E-state index in [2.05, 4.69) is 34.8 Å². The predicted octanol–water partition coefficient (Wildman–Crippen LogP) is 5.27. The molecule has 4 nitrogen and oxygen atoms in total. The van der Waals surface area contributed by atoms with E-state index in [1.54, 1.807) is 14.2 Å². The number of rotatable bonds is 7. The quantitative estimate of drug-likeness (QED) is 0.536. The fourth-order valence-electron chi connectivity index (χ4n) is 3.74. The number of benzene rings is 2. The maximum atomic E-state index is 5.35. The van der Waals surface area contributed by atoms with Crippen LogP contribution < -0.4 is 14.9 Å². The van der Waals surface area contributed by atoms with Crippen molar-refractivity contribution < 1.29 is 9.47 Å². The second kappa shape index (κ2) is 9.45. The number of ether oxygens (including phenoxy) is 2. The third-order valence-electron chi connectivity index (χ3n) is 5.38. The van der Waals surface area contributed by atoms with Crippen molar-refractivity contribution in [3.05, 3.63) is 59.2 Å². The minimum atomic E-state index is 0.637. The monoisotopic (exact) mass is 366 g/mol. The zero-order chi connectivity index (χ0) is 19.1. The third kappa shape index (κ3) is 5.03. The summed E-state index contributed by atoms with van der Waals surface area (Å²) < 4.78 is 10.6. The Morgan fingerprint density at radius 2 is 1.67 bits per heavy atom. The fourth-order valence-corrected chi connectivity index (χ4v) is 3.74. The first kappa shape index (κ1) is 19.3. The van der Waals surface area contributed by atoms with E-state index in [-0.39, 0.29) is 0 Å². The molecule has 4 heteroatoms. The van der Waals surface area contributed by atoms with Crippen LogP contribution >= 0.6 is 0 Å². The van der Waals surface area contributed by atoms with Crippen LogP contribution in [0.3, 0.4) is 0 Å². The van der Waals surface area contributed by atoms with Gasteiger partial charge in [0.25, 0.3) is 0 Å². The summed E-state index contributed by atoms with van der Waals surface area (Å²) in [6, 6.07) is 14.8. The van der Waals surface area contributed by atoms with E-state index < -0.39 is 0 Å². The van der Waals surface area contributed by atoms with Crippen molar-refractivity contribution in [1.82, 2.24) is 5.43 Å². The Balaban J connectivity index is 1.59. The van der Waals surface area contributed by atoms with E-state index in [0.29, 0.717) is 6.54 Å². The molecule has 0 radical (unpaired) electrons. The molecule has 2 aromatic rings. The highest BCUT2D eigenvalue weighted by Gasteiger charge is 2.15. The lowest BCUT2D eigenvalue weighted by molar-refractivity contribution is 0.354. The number of hydrogen-bond donors (Lipinski definition) is 1. The number of methoxy groups -OCH3 is 2. The Hall–Kier alpha value is -2.49. The van der Waals surface area contributed by atoms with Gasteiger partial charge in [0.15, 0.2) is 11.5 Å². The Bertz CT molecular complexity index is 762. The van der Waals surface area contributed by atoms with Gasteiger partial charge in [-0.15, -0.1) is 0 Å². The molecule has 0 spiro atoms. The second-order valence-electron chi connectivity index (χ2n) is 7.18. The largest absolute Gasteiger partial charge is 0.493 e. The smallest absolute Gasteiger partial charge is 0.161 e. The van der Waals surface area contributed by atoms with Gasteiger partial charge in [0.1, 0.15) is 0 Å². The third-order valence-corrected chi connectivity index (χ3v) is 5.38. The summed E-state index contributed by atoms with van der Waals surface area (Å²) in [5, 5.41) is 4.52. The molecule has 0 atom stereocenters. The van der Waals surface area contributed by atoms with E-state index in [1.165, 1.54) is 37.7 Å². The highest BCUT2D eigenvalue weighted by Crippen LogP contribution is 2.32. The van der Waals surface area contributed by atoms with Crippen LogP contribution in [0.1, 0.15) is 61.6 Å². The molecule has 1 fully saturated rings. The molecule has 1 N–H and O–H groups in total. The van der Waals surface area contributed by atoms with Gasteiger partial charge in [-0.1, -0.05) is 49.6 Å². The molecule has 2 aromatic carbocycles. The lowest BCUT2D eigenvalue weighted by Crippen LogP contribution is -2.10. The Morgan fingerprint density at radius 1 is 0.963 bits per heavy atom. The van der Waals surface area contributed by atoms with Gasteiger partial charge in [-0.2, -0.15) is 5.10 Å². The topological polar surface area (TPSA) is 42.8 Å². The first-order chi connectivity index (χ1) is 13.2. The molecule has 1 aliphatic carbocycles. The van der Waals surface area contributed by atoms with Crippen LogP contribution in [0, 0.1) is 0 Å². The molecule has 0 saturated heterocycles. The normalized spacial score (nSPS) is 15.4. The lowest BCUT2D eigenvalue weighted by Gasteiger charge is -2.22. The van der Waals surface area contributed by atoms with Crippen LogP contribution in [0.2, 0.25) is 0 Å². The molecule has 0 aromatic heterocycles. The van der Waals surface area contributed by atoms with Crippen molar-refractivity contribution in [1.29, 1.82) is 0 Å². The van der Waals surface area contributed by atoms with Crippen molar-refractivity contribution in [2.45, 2.75) is 51.5 Å². The van der Waals surface area contributed by atoms with Gasteiger partial charge in [0, 0.05) is 0 Å². The number of hydrogen-bond acceptors (Lipinski definition) is 4. The molecule has 1 aliphatic rings. The summed E-state index contributed by atoms with van der Waals surface area (Å²) in [4.78, 5) is 0. The van der Waals surface area contributed by atoms with Crippen molar-refractivity contribution in [2.24, 2.45) is 5.10 Å². The van der Waals surface area contributed by atoms with Crippen molar-refractivity contribution >= 4 is 5.71 Å². The van der Waals surface area contributed by atoms with Crippen molar-refractivity contribution in [3.8, 4) is 11.5 Å². The first-order valence-corrected chi connectivity index (χ1v) is 9.79. The standard InChI is InChI=1S/C23H30N2O2/c1-17(19-10-12-21(13-11-19)20-7-5-4-6-8-20)25-24-16-18-9-14-22(26-2)23(15-18)27-3/h9-15,20,24H,4-8,16H2,1-3H3/b25-17+. The van der Waals surface area contributed by atoms with Gasteiger partial charge in [-0.3, -0.25) is 0 Å². The van der Waals surface area contributed by atoms with Gasteiger partial charge >= 0.3 is 0 Å². The van der Waals surface area contributed by atoms with Gasteiger partial charge in [0.2, 0.25) is 0 Å². The summed E-state index contributed by atoms with van der Waals surface area (Å²) in [6.45, 7) is 2.68. The van der Waals surface area contributed by atoms with Crippen LogP contribution in [0.4, 0.5) is 0 Å². The number of hydrazone groups is 1. The summed E-state index contributed by atoms with van der Waals surface area (Å²) in [6.07, 6.45) is 6.80. The van der Waals surface area contributed by atoms with E-state index in [0.717, 1.165) is 34.3 Å². The zero-order valence-electron chi connectivity index (χ0n) is 16.6. The molecule has 0 aliphatic heterocycles. The summed E-state index contributed by atoms with van der Waals surface area (Å²) in [5.74, 6) is 2.21. The molecule has 0 amide bonds. The summed E-state index contributed by atoms with van der Waals surface area (Å²) >= 11 is 0. The number of nitrogens with one attached hydrogen (secondary N) is 1. The lowest BCUT2D eigenvalue weighted by atomic mass is 9.84. The Labute approximate surface area is 162 Å².